The summed E-state index contributed by atoms with van der Waals surface area (Å²) in [4.78, 5) is 6.66. The fourth-order valence-electron chi connectivity index (χ4n) is 3.92. The topological polar surface area (TPSA) is 16.1 Å². The minimum Gasteiger partial charge on any atom is -0.376 e. The summed E-state index contributed by atoms with van der Waals surface area (Å²) in [5.74, 6) is 0. The van der Waals surface area contributed by atoms with E-state index in [-0.39, 0.29) is 6.85 Å². The fourth-order valence-corrected chi connectivity index (χ4v) is 3.92. The van der Waals surface area contributed by atoms with Crippen LogP contribution in [-0.4, -0.2) is 11.8 Å². The minimum absolute atomic E-state index is 0.117. The van der Waals surface area contributed by atoms with Gasteiger partial charge in [-0.3, -0.25) is 4.98 Å². The number of para-hydroxylation sites is 2. The predicted octanol–water partition coefficient (Wildman–Crippen LogP) is 4.01. The molecule has 0 saturated heterocycles. The highest BCUT2D eigenvalue weighted by molar-refractivity contribution is 6.90. The molecule has 0 unspecified atom stereocenters. The second kappa shape index (κ2) is 6.19. The van der Waals surface area contributed by atoms with Crippen LogP contribution in [0.3, 0.4) is 0 Å². The van der Waals surface area contributed by atoms with Crippen LogP contribution < -0.4 is 15.7 Å². The van der Waals surface area contributed by atoms with Crippen LogP contribution in [0.25, 0.3) is 11.1 Å². The van der Waals surface area contributed by atoms with E-state index in [2.05, 4.69) is 101 Å². The van der Waals surface area contributed by atoms with Gasteiger partial charge in [-0.2, -0.15) is 0 Å². The number of benzene rings is 3. The number of nitrogens with zero attached hydrogens (tertiary/aromatic N) is 2. The van der Waals surface area contributed by atoms with E-state index in [1.165, 1.54) is 33.4 Å². The van der Waals surface area contributed by atoms with E-state index in [0.717, 1.165) is 0 Å². The summed E-state index contributed by atoms with van der Waals surface area (Å²) in [6.07, 6.45) is 3.75. The number of hydrogen-bond acceptors (Lipinski definition) is 2. The van der Waals surface area contributed by atoms with Gasteiger partial charge in [0.25, 0.3) is 0 Å². The van der Waals surface area contributed by atoms with Crippen molar-refractivity contribution in [2.75, 3.05) is 4.81 Å². The van der Waals surface area contributed by atoms with Gasteiger partial charge in [0, 0.05) is 29.3 Å². The maximum Gasteiger partial charge on any atom is 0.328 e. The molecule has 0 bridgehead atoms. The number of fused-ring (bicyclic) bond motifs is 3. The molecule has 2 heterocycles. The van der Waals surface area contributed by atoms with Crippen molar-refractivity contribution in [1.82, 2.24) is 4.98 Å². The SMILES string of the molecule is c1ccc(N2B(c3ccncc3)c3ccccc3-c3ccccc32)cc1. The molecule has 5 rings (SSSR count). The summed E-state index contributed by atoms with van der Waals surface area (Å²) in [5.41, 5.74) is 7.57. The first-order chi connectivity index (χ1) is 12.9. The van der Waals surface area contributed by atoms with Gasteiger partial charge in [0.1, 0.15) is 0 Å². The number of aromatic nitrogens is 1. The number of hydrogen-bond donors (Lipinski definition) is 0. The molecule has 0 aliphatic carbocycles. The largest absolute Gasteiger partial charge is 0.376 e. The maximum absolute atomic E-state index is 4.22. The first-order valence-electron chi connectivity index (χ1n) is 8.86. The van der Waals surface area contributed by atoms with Crippen molar-refractivity contribution in [1.29, 1.82) is 0 Å². The molecule has 0 amide bonds. The van der Waals surface area contributed by atoms with Crippen LogP contribution in [0.4, 0.5) is 11.4 Å². The standard InChI is InChI=1S/C23H17BN2/c1-2-8-19(9-3-1)26-23-13-7-5-11-21(23)20-10-4-6-12-22(20)24(26)18-14-16-25-17-15-18/h1-17H. The summed E-state index contributed by atoms with van der Waals surface area (Å²) in [6, 6.07) is 32.2. The molecule has 122 valence electrons. The van der Waals surface area contributed by atoms with E-state index >= 15 is 0 Å². The van der Waals surface area contributed by atoms with E-state index < -0.39 is 0 Å². The molecule has 1 aliphatic rings. The van der Waals surface area contributed by atoms with Crippen LogP contribution >= 0.6 is 0 Å². The lowest BCUT2D eigenvalue weighted by Crippen LogP contribution is -2.57. The van der Waals surface area contributed by atoms with Crippen LogP contribution in [-0.2, 0) is 0 Å². The average molecular weight is 332 g/mol. The van der Waals surface area contributed by atoms with Crippen molar-refractivity contribution in [2.45, 2.75) is 0 Å². The molecule has 1 aliphatic heterocycles. The molecular formula is C23H17BN2. The molecule has 3 heteroatoms. The Bertz CT molecular complexity index is 961. The zero-order valence-corrected chi connectivity index (χ0v) is 14.3. The van der Waals surface area contributed by atoms with Crippen LogP contribution in [0.2, 0.25) is 0 Å². The molecule has 2 nitrogen and oxygen atoms in total. The average Bonchev–Trinajstić information content (AvgIpc) is 2.74. The Balaban J connectivity index is 1.83. The van der Waals surface area contributed by atoms with Crippen molar-refractivity contribution < 1.29 is 0 Å². The Kier molecular flexibility index (Phi) is 3.57. The van der Waals surface area contributed by atoms with Gasteiger partial charge >= 0.3 is 6.85 Å². The summed E-state index contributed by atoms with van der Waals surface area (Å²) < 4.78 is 0. The maximum atomic E-state index is 4.22. The lowest BCUT2D eigenvalue weighted by molar-refractivity contribution is 1.33. The van der Waals surface area contributed by atoms with Gasteiger partial charge in [-0.05, 0) is 46.8 Å². The lowest BCUT2D eigenvalue weighted by atomic mass is 9.46. The Morgan fingerprint density at radius 2 is 1.27 bits per heavy atom. The van der Waals surface area contributed by atoms with Gasteiger partial charge in [-0.15, -0.1) is 0 Å². The van der Waals surface area contributed by atoms with E-state index in [4.69, 9.17) is 0 Å². The first kappa shape index (κ1) is 15.0. The summed E-state index contributed by atoms with van der Waals surface area (Å²) in [7, 11) is 0. The van der Waals surface area contributed by atoms with E-state index in [1.807, 2.05) is 12.4 Å². The second-order valence-electron chi connectivity index (χ2n) is 6.49. The van der Waals surface area contributed by atoms with E-state index in [9.17, 15) is 0 Å². The van der Waals surface area contributed by atoms with Crippen molar-refractivity contribution in [3.05, 3.63) is 103 Å². The van der Waals surface area contributed by atoms with Crippen molar-refractivity contribution in [3.63, 3.8) is 0 Å². The molecule has 0 fully saturated rings. The van der Waals surface area contributed by atoms with Gasteiger partial charge in [0.05, 0.1) is 0 Å². The fraction of sp³-hybridized carbons (Fsp3) is 0. The van der Waals surface area contributed by atoms with Gasteiger partial charge in [-0.25, -0.2) is 0 Å². The highest BCUT2D eigenvalue weighted by atomic mass is 15.1. The van der Waals surface area contributed by atoms with Crippen molar-refractivity contribution in [3.8, 4) is 11.1 Å². The monoisotopic (exact) mass is 332 g/mol. The zero-order chi connectivity index (χ0) is 17.3. The van der Waals surface area contributed by atoms with Gasteiger partial charge in [0.15, 0.2) is 0 Å². The Morgan fingerprint density at radius 3 is 2.08 bits per heavy atom. The van der Waals surface area contributed by atoms with Gasteiger partial charge in [-0.1, -0.05) is 60.7 Å². The molecule has 26 heavy (non-hydrogen) atoms. The summed E-state index contributed by atoms with van der Waals surface area (Å²) in [6.45, 7) is 0.117. The van der Waals surface area contributed by atoms with Crippen LogP contribution in [0.15, 0.2) is 103 Å². The lowest BCUT2D eigenvalue weighted by Gasteiger charge is -2.38. The van der Waals surface area contributed by atoms with Crippen molar-refractivity contribution in [2.24, 2.45) is 0 Å². The molecule has 0 spiro atoms. The molecule has 0 N–H and O–H groups in total. The molecular weight excluding hydrogens is 315 g/mol. The van der Waals surface area contributed by atoms with Gasteiger partial charge in [0.2, 0.25) is 0 Å². The third kappa shape index (κ3) is 2.32. The third-order valence-corrected chi connectivity index (χ3v) is 5.02. The highest BCUT2D eigenvalue weighted by Gasteiger charge is 2.36. The van der Waals surface area contributed by atoms with Crippen LogP contribution in [0, 0.1) is 0 Å². The molecule has 1 aromatic heterocycles. The molecule has 3 aromatic carbocycles. The molecule has 0 atom stereocenters. The Morgan fingerprint density at radius 1 is 0.615 bits per heavy atom. The summed E-state index contributed by atoms with van der Waals surface area (Å²) in [5, 5.41) is 0. The summed E-state index contributed by atoms with van der Waals surface area (Å²) >= 11 is 0. The van der Waals surface area contributed by atoms with Gasteiger partial charge < -0.3 is 4.81 Å². The third-order valence-electron chi connectivity index (χ3n) is 5.02. The smallest absolute Gasteiger partial charge is 0.328 e. The number of pyridine rings is 1. The van der Waals surface area contributed by atoms with Crippen molar-refractivity contribution >= 4 is 29.1 Å². The molecule has 0 radical (unpaired) electrons. The number of rotatable bonds is 2. The zero-order valence-electron chi connectivity index (χ0n) is 14.3. The first-order valence-corrected chi connectivity index (χ1v) is 8.86. The Hall–Kier alpha value is -3.33. The predicted molar refractivity (Wildman–Crippen MR) is 110 cm³/mol. The normalized spacial score (nSPS) is 12.5. The molecule has 4 aromatic rings. The molecule has 0 saturated carbocycles. The quantitative estimate of drug-likeness (QED) is 0.516. The highest BCUT2D eigenvalue weighted by Crippen LogP contribution is 2.38. The Labute approximate surface area is 153 Å². The van der Waals surface area contributed by atoms with Crippen LogP contribution in [0.5, 0.6) is 0 Å². The number of anilines is 2. The van der Waals surface area contributed by atoms with Crippen LogP contribution in [0.1, 0.15) is 0 Å². The second-order valence-corrected chi connectivity index (χ2v) is 6.49. The minimum atomic E-state index is 0.117. The van der Waals surface area contributed by atoms with E-state index in [1.54, 1.807) is 0 Å². The van der Waals surface area contributed by atoms with E-state index in [0.29, 0.717) is 0 Å².